The lowest BCUT2D eigenvalue weighted by molar-refractivity contribution is 0.591. The molecule has 18 heavy (non-hydrogen) atoms. The second-order valence-corrected chi connectivity index (χ2v) is 3.69. The highest BCUT2D eigenvalue weighted by atomic mass is 15.3. The van der Waals surface area contributed by atoms with Crippen molar-refractivity contribution in [2.75, 3.05) is 23.0 Å². The van der Waals surface area contributed by atoms with E-state index < -0.39 is 0 Å². The van der Waals surface area contributed by atoms with Gasteiger partial charge in [0.2, 0.25) is 5.95 Å². The number of aryl methyl sites for hydroxylation is 1. The monoisotopic (exact) mass is 248 g/mol. The third-order valence-electron chi connectivity index (χ3n) is 2.32. The van der Waals surface area contributed by atoms with E-state index in [2.05, 4.69) is 25.8 Å². The maximum atomic E-state index is 5.54. The van der Waals surface area contributed by atoms with Gasteiger partial charge in [-0.3, -0.25) is 4.68 Å². The summed E-state index contributed by atoms with van der Waals surface area (Å²) < 4.78 is 1.88. The molecule has 0 radical (unpaired) electrons. The lowest BCUT2D eigenvalue weighted by Gasteiger charge is -2.08. The second kappa shape index (κ2) is 5.82. The number of anilines is 3. The van der Waals surface area contributed by atoms with Crippen LogP contribution in [-0.4, -0.2) is 26.3 Å². The molecule has 0 atom stereocenters. The predicted octanol–water partition coefficient (Wildman–Crippen LogP) is 0.0431. The Labute approximate surface area is 104 Å². The molecule has 2 rings (SSSR count). The van der Waals surface area contributed by atoms with E-state index in [9.17, 15) is 0 Å². The molecule has 96 valence electrons. The molecule has 0 amide bonds. The fraction of sp³-hybridized carbons (Fsp3) is 0.300. The second-order valence-electron chi connectivity index (χ2n) is 3.69. The molecule has 8 heteroatoms. The topological polar surface area (TPSA) is 120 Å². The average molecular weight is 248 g/mol. The maximum absolute atomic E-state index is 5.54. The molecule has 8 nitrogen and oxygen atoms in total. The highest BCUT2D eigenvalue weighted by Gasteiger charge is 2.00. The van der Waals surface area contributed by atoms with Gasteiger partial charge >= 0.3 is 0 Å². The largest absolute Gasteiger partial charge is 0.370 e. The van der Waals surface area contributed by atoms with Gasteiger partial charge < -0.3 is 16.5 Å². The molecule has 6 N–H and O–H groups in total. The van der Waals surface area contributed by atoms with Gasteiger partial charge in [0.15, 0.2) is 0 Å². The van der Waals surface area contributed by atoms with E-state index in [4.69, 9.17) is 11.6 Å². The molecule has 2 heterocycles. The van der Waals surface area contributed by atoms with Crippen LogP contribution in [0.25, 0.3) is 0 Å². The van der Waals surface area contributed by atoms with Crippen LogP contribution in [0, 0.1) is 0 Å². The van der Waals surface area contributed by atoms with Crippen molar-refractivity contribution in [1.29, 1.82) is 0 Å². The van der Waals surface area contributed by atoms with Crippen molar-refractivity contribution in [2.45, 2.75) is 13.0 Å². The summed E-state index contributed by atoms with van der Waals surface area (Å²) >= 11 is 0. The minimum Gasteiger partial charge on any atom is -0.370 e. The summed E-state index contributed by atoms with van der Waals surface area (Å²) in [6.45, 7) is 1.61. The Hall–Kier alpha value is -2.35. The predicted molar refractivity (Wildman–Crippen MR) is 69.6 cm³/mol. The number of nitrogens with zero attached hydrogens (tertiary/aromatic N) is 4. The van der Waals surface area contributed by atoms with Crippen LogP contribution >= 0.6 is 0 Å². The van der Waals surface area contributed by atoms with Crippen LogP contribution in [0.2, 0.25) is 0 Å². The molecule has 0 aliphatic heterocycles. The zero-order valence-corrected chi connectivity index (χ0v) is 9.87. The molecule has 0 aliphatic carbocycles. The van der Waals surface area contributed by atoms with Gasteiger partial charge in [-0.1, -0.05) is 0 Å². The Morgan fingerprint density at radius 1 is 1.28 bits per heavy atom. The molecule has 0 spiro atoms. The Kier molecular flexibility index (Phi) is 3.92. The van der Waals surface area contributed by atoms with Crippen molar-refractivity contribution in [3.63, 3.8) is 0 Å². The first-order valence-corrected chi connectivity index (χ1v) is 5.60. The van der Waals surface area contributed by atoms with Gasteiger partial charge in [0.05, 0.1) is 0 Å². The molecule has 0 saturated heterocycles. The number of nitrogens with two attached hydrogens (primary N) is 2. The molecular weight excluding hydrogens is 232 g/mol. The SMILES string of the molecule is NNc1cc(NCCCn2cccn2)nc(N)n1. The molecule has 0 unspecified atom stereocenters. The molecule has 0 aliphatic rings. The molecule has 0 aromatic carbocycles. The van der Waals surface area contributed by atoms with Crippen molar-refractivity contribution in [1.82, 2.24) is 19.7 Å². The van der Waals surface area contributed by atoms with Crippen LogP contribution in [0.3, 0.4) is 0 Å². The van der Waals surface area contributed by atoms with E-state index in [-0.39, 0.29) is 5.95 Å². The Balaban J connectivity index is 1.81. The first-order chi connectivity index (χ1) is 8.78. The van der Waals surface area contributed by atoms with Gasteiger partial charge in [-0.15, -0.1) is 0 Å². The van der Waals surface area contributed by atoms with Gasteiger partial charge in [0.1, 0.15) is 11.6 Å². The van der Waals surface area contributed by atoms with Crippen LogP contribution in [0.15, 0.2) is 24.5 Å². The molecule has 0 bridgehead atoms. The first kappa shape index (κ1) is 12.1. The van der Waals surface area contributed by atoms with Gasteiger partial charge in [0, 0.05) is 31.5 Å². The van der Waals surface area contributed by atoms with Crippen molar-refractivity contribution < 1.29 is 0 Å². The van der Waals surface area contributed by atoms with Crippen LogP contribution in [0.5, 0.6) is 0 Å². The third kappa shape index (κ3) is 3.32. The summed E-state index contributed by atoms with van der Waals surface area (Å²) in [6.07, 6.45) is 4.62. The van der Waals surface area contributed by atoms with Crippen molar-refractivity contribution in [2.24, 2.45) is 5.84 Å². The summed E-state index contributed by atoms with van der Waals surface area (Å²) in [6, 6.07) is 3.60. The van der Waals surface area contributed by atoms with E-state index in [1.165, 1.54) is 0 Å². The number of rotatable bonds is 6. The summed E-state index contributed by atoms with van der Waals surface area (Å²) in [7, 11) is 0. The summed E-state index contributed by atoms with van der Waals surface area (Å²) in [5.41, 5.74) is 7.98. The van der Waals surface area contributed by atoms with Gasteiger partial charge in [-0.2, -0.15) is 15.1 Å². The zero-order valence-electron chi connectivity index (χ0n) is 9.87. The highest BCUT2D eigenvalue weighted by Crippen LogP contribution is 2.11. The average Bonchev–Trinajstić information content (AvgIpc) is 2.87. The fourth-order valence-electron chi connectivity index (χ4n) is 1.52. The Morgan fingerprint density at radius 2 is 2.11 bits per heavy atom. The minimum absolute atomic E-state index is 0.181. The number of hydrogen-bond acceptors (Lipinski definition) is 7. The maximum Gasteiger partial charge on any atom is 0.223 e. The van der Waals surface area contributed by atoms with Crippen molar-refractivity contribution in [3.8, 4) is 0 Å². The van der Waals surface area contributed by atoms with Crippen LogP contribution in [0.1, 0.15) is 6.42 Å². The lowest BCUT2D eigenvalue weighted by atomic mass is 10.4. The zero-order chi connectivity index (χ0) is 12.8. The number of nitrogen functional groups attached to an aromatic ring is 2. The molecule has 2 aromatic rings. The number of hydrazine groups is 1. The number of aromatic nitrogens is 4. The highest BCUT2D eigenvalue weighted by molar-refractivity contribution is 5.50. The number of nitrogens with one attached hydrogen (secondary N) is 2. The fourth-order valence-corrected chi connectivity index (χ4v) is 1.52. The Morgan fingerprint density at radius 3 is 2.83 bits per heavy atom. The summed E-state index contributed by atoms with van der Waals surface area (Å²) in [5, 5.41) is 7.27. The minimum atomic E-state index is 0.181. The smallest absolute Gasteiger partial charge is 0.223 e. The van der Waals surface area contributed by atoms with Gasteiger partial charge in [0.25, 0.3) is 0 Å². The van der Waals surface area contributed by atoms with Crippen LogP contribution in [-0.2, 0) is 6.54 Å². The normalized spacial score (nSPS) is 10.3. The van der Waals surface area contributed by atoms with Crippen molar-refractivity contribution in [3.05, 3.63) is 24.5 Å². The van der Waals surface area contributed by atoms with E-state index in [0.717, 1.165) is 19.5 Å². The molecular formula is C10H16N8. The van der Waals surface area contributed by atoms with E-state index >= 15 is 0 Å². The lowest BCUT2D eigenvalue weighted by Crippen LogP contribution is -2.13. The van der Waals surface area contributed by atoms with Crippen molar-refractivity contribution >= 4 is 17.6 Å². The van der Waals surface area contributed by atoms with E-state index in [0.29, 0.717) is 11.6 Å². The summed E-state index contributed by atoms with van der Waals surface area (Å²) in [5.74, 6) is 6.58. The third-order valence-corrected chi connectivity index (χ3v) is 2.32. The quantitative estimate of drug-likeness (QED) is 0.324. The number of hydrogen-bond donors (Lipinski definition) is 4. The van der Waals surface area contributed by atoms with E-state index in [1.807, 2.05) is 16.9 Å². The van der Waals surface area contributed by atoms with Crippen LogP contribution < -0.4 is 22.3 Å². The van der Waals surface area contributed by atoms with Crippen LogP contribution in [0.4, 0.5) is 17.6 Å². The Bertz CT molecular complexity index is 481. The van der Waals surface area contributed by atoms with E-state index in [1.54, 1.807) is 12.3 Å². The standard InChI is InChI=1S/C10H16N8/c11-10-15-8(7-9(16-10)17-12)13-3-1-5-18-6-2-4-14-18/h2,4,6-7H,1,3,5,12H2,(H4,11,13,15,16,17). The molecule has 0 saturated carbocycles. The van der Waals surface area contributed by atoms with Gasteiger partial charge in [-0.05, 0) is 12.5 Å². The van der Waals surface area contributed by atoms with Gasteiger partial charge in [-0.25, -0.2) is 5.84 Å². The first-order valence-electron chi connectivity index (χ1n) is 5.60. The summed E-state index contributed by atoms with van der Waals surface area (Å²) in [4.78, 5) is 7.95. The molecule has 0 fully saturated rings. The molecule has 2 aromatic heterocycles.